The zero-order valence-electron chi connectivity index (χ0n) is 12.0. The van der Waals surface area contributed by atoms with E-state index in [9.17, 15) is 48.3 Å². The summed E-state index contributed by atoms with van der Waals surface area (Å²) in [6.07, 6.45) is -10.5. The van der Waals surface area contributed by atoms with Gasteiger partial charge in [0, 0.05) is 0 Å². The van der Waals surface area contributed by atoms with Crippen molar-refractivity contribution in [1.29, 1.82) is 0 Å². The van der Waals surface area contributed by atoms with Crippen LogP contribution in [-0.4, -0.2) is 7.28 Å². The minimum Gasteiger partial charge on any atom is -0.204 e. The Bertz CT molecular complexity index is 790. The van der Waals surface area contributed by atoms with Gasteiger partial charge in [-0.15, -0.1) is 0 Å². The third-order valence-corrected chi connectivity index (χ3v) is 3.16. The highest BCUT2D eigenvalue weighted by atomic mass is 19.4. The number of alkyl halides is 6. The fourth-order valence-corrected chi connectivity index (χ4v) is 1.98. The average molecular weight is 391 g/mol. The normalized spacial score (nSPS) is 12.4. The number of rotatable bonds is 2. The van der Waals surface area contributed by atoms with Gasteiger partial charge in [-0.2, -0.15) is 26.3 Å². The van der Waals surface area contributed by atoms with E-state index in [4.69, 9.17) is 0 Å². The Kier molecular flexibility index (Phi) is 4.99. The van der Waals surface area contributed by atoms with Gasteiger partial charge in [0.1, 0.15) is 0 Å². The molecule has 2 aromatic rings. The van der Waals surface area contributed by atoms with E-state index in [0.717, 1.165) is 0 Å². The summed E-state index contributed by atoms with van der Waals surface area (Å²) < 4.78 is 143. The minimum absolute atomic E-state index is 0.000741. The third kappa shape index (κ3) is 3.78. The Balaban J connectivity index is 2.64. The van der Waals surface area contributed by atoms with Gasteiger partial charge in [-0.3, -0.25) is 0 Å². The molecular weight excluding hydrogens is 388 g/mol. The molecule has 0 saturated carbocycles. The lowest BCUT2D eigenvalue weighted by atomic mass is 9.62. The molecule has 0 fully saturated rings. The predicted molar refractivity (Wildman–Crippen MR) is 67.7 cm³/mol. The van der Waals surface area contributed by atoms with Crippen molar-refractivity contribution in [2.75, 3.05) is 0 Å². The smallest absolute Gasteiger partial charge is 0.204 e. The molecule has 26 heavy (non-hydrogen) atoms. The fourth-order valence-electron chi connectivity index (χ4n) is 1.98. The minimum atomic E-state index is -5.25. The first kappa shape index (κ1) is 20.1. The van der Waals surface area contributed by atoms with Gasteiger partial charge in [0.2, 0.25) is 0 Å². The van der Waals surface area contributed by atoms with Gasteiger partial charge in [0.25, 0.3) is 0 Å². The molecule has 0 spiro atoms. The van der Waals surface area contributed by atoms with E-state index in [1.165, 1.54) is 0 Å². The van der Waals surface area contributed by atoms with Gasteiger partial charge < -0.3 is 0 Å². The maximum atomic E-state index is 13.6. The first-order valence-electron chi connectivity index (χ1n) is 6.39. The first-order chi connectivity index (χ1) is 11.7. The highest BCUT2D eigenvalue weighted by Gasteiger charge is 2.37. The van der Waals surface area contributed by atoms with E-state index in [0.29, 0.717) is 0 Å². The summed E-state index contributed by atoms with van der Waals surface area (Å²) >= 11 is 0. The van der Waals surface area contributed by atoms with Gasteiger partial charge in [-0.25, -0.2) is 22.0 Å². The zero-order valence-corrected chi connectivity index (χ0v) is 12.0. The van der Waals surface area contributed by atoms with Crippen LogP contribution in [0.4, 0.5) is 48.3 Å². The van der Waals surface area contributed by atoms with Crippen molar-refractivity contribution >= 4 is 18.2 Å². The van der Waals surface area contributed by atoms with Gasteiger partial charge in [0.15, 0.2) is 36.4 Å². The Labute approximate surface area is 138 Å². The van der Waals surface area contributed by atoms with Crippen LogP contribution in [0, 0.1) is 29.1 Å². The summed E-state index contributed by atoms with van der Waals surface area (Å²) in [5.41, 5.74) is -6.37. The van der Waals surface area contributed by atoms with Crippen LogP contribution >= 0.6 is 0 Å². The van der Waals surface area contributed by atoms with E-state index < -0.39 is 63.5 Å². The lowest BCUT2D eigenvalue weighted by Gasteiger charge is -2.14. The molecule has 0 heterocycles. The maximum Gasteiger partial charge on any atom is 0.416 e. The molecule has 0 aliphatic rings. The molecule has 0 aliphatic carbocycles. The number of halogens is 11. The van der Waals surface area contributed by atoms with Crippen molar-refractivity contribution in [1.82, 2.24) is 0 Å². The van der Waals surface area contributed by atoms with Crippen LogP contribution in [0.5, 0.6) is 0 Å². The summed E-state index contributed by atoms with van der Waals surface area (Å²) in [4.78, 5) is 0. The monoisotopic (exact) mass is 391 g/mol. The molecule has 0 aliphatic heterocycles. The van der Waals surface area contributed by atoms with E-state index >= 15 is 0 Å². The standard InChI is InChI=1S/C14H3BF11/c16-8-7(9(17)11(19)12(20)10(8)18)15-6-2-4(13(21,22)23)1-5(3-6)14(24,25)26/h1-3H. The lowest BCUT2D eigenvalue weighted by Crippen LogP contribution is -2.36. The quantitative estimate of drug-likeness (QED) is 0.314. The van der Waals surface area contributed by atoms with Gasteiger partial charge in [0.05, 0.1) is 11.1 Å². The summed E-state index contributed by atoms with van der Waals surface area (Å²) in [6.45, 7) is 0. The summed E-state index contributed by atoms with van der Waals surface area (Å²) in [6, 6.07) is -0.101. The molecule has 0 atom stereocenters. The SMILES string of the molecule is Fc1c(F)c(F)c([B]c2cc(C(F)(F)F)cc(C(F)(F)F)c2)c(F)c1F. The largest absolute Gasteiger partial charge is 0.416 e. The van der Waals surface area contributed by atoms with Crippen LogP contribution in [-0.2, 0) is 12.4 Å². The molecule has 12 heteroatoms. The summed E-state index contributed by atoms with van der Waals surface area (Å²) in [7, 11) is 0.000741. The zero-order chi connectivity index (χ0) is 20.0. The molecule has 0 unspecified atom stereocenters. The number of benzene rings is 2. The summed E-state index contributed by atoms with van der Waals surface area (Å²) in [5.74, 6) is -12.1. The van der Waals surface area contributed by atoms with Crippen molar-refractivity contribution in [3.63, 3.8) is 0 Å². The second-order valence-electron chi connectivity index (χ2n) is 4.97. The van der Waals surface area contributed by atoms with Crippen LogP contribution in [0.3, 0.4) is 0 Å². The highest BCUT2D eigenvalue weighted by Crippen LogP contribution is 2.34. The number of hydrogen-bond donors (Lipinski definition) is 0. The second-order valence-corrected chi connectivity index (χ2v) is 4.97. The van der Waals surface area contributed by atoms with Gasteiger partial charge >= 0.3 is 12.4 Å². The van der Waals surface area contributed by atoms with Crippen molar-refractivity contribution in [3.05, 3.63) is 58.4 Å². The molecule has 2 aromatic carbocycles. The molecule has 0 amide bonds. The third-order valence-electron chi connectivity index (χ3n) is 3.16. The first-order valence-corrected chi connectivity index (χ1v) is 6.39. The van der Waals surface area contributed by atoms with E-state index in [2.05, 4.69) is 0 Å². The van der Waals surface area contributed by atoms with Crippen LogP contribution in [0.25, 0.3) is 0 Å². The Morgan fingerprint density at radius 1 is 0.538 bits per heavy atom. The van der Waals surface area contributed by atoms with Crippen molar-refractivity contribution in [2.24, 2.45) is 0 Å². The molecular formula is C14H3BF11. The van der Waals surface area contributed by atoms with Crippen LogP contribution in [0.2, 0.25) is 0 Å². The molecule has 0 bridgehead atoms. The van der Waals surface area contributed by atoms with E-state index in [1.807, 2.05) is 0 Å². The second kappa shape index (κ2) is 6.47. The van der Waals surface area contributed by atoms with Crippen LogP contribution < -0.4 is 10.9 Å². The Morgan fingerprint density at radius 3 is 1.23 bits per heavy atom. The molecule has 139 valence electrons. The maximum absolute atomic E-state index is 13.6. The van der Waals surface area contributed by atoms with Crippen molar-refractivity contribution < 1.29 is 48.3 Å². The number of hydrogen-bond acceptors (Lipinski definition) is 0. The fraction of sp³-hybridized carbons (Fsp3) is 0.143. The Morgan fingerprint density at radius 2 is 0.885 bits per heavy atom. The van der Waals surface area contributed by atoms with E-state index in [1.54, 1.807) is 0 Å². The summed E-state index contributed by atoms with van der Waals surface area (Å²) in [5, 5.41) is 0. The Hall–Kier alpha value is -2.27. The molecule has 2 rings (SSSR count). The molecule has 0 N–H and O–H groups in total. The lowest BCUT2D eigenvalue weighted by molar-refractivity contribution is -0.142. The average Bonchev–Trinajstić information content (AvgIpc) is 2.53. The molecule has 0 saturated heterocycles. The predicted octanol–water partition coefficient (Wildman–Crippen LogP) is 4.07. The topological polar surface area (TPSA) is 0 Å². The van der Waals surface area contributed by atoms with Crippen LogP contribution in [0.1, 0.15) is 11.1 Å². The van der Waals surface area contributed by atoms with Gasteiger partial charge in [-0.1, -0.05) is 17.6 Å². The van der Waals surface area contributed by atoms with Gasteiger partial charge in [-0.05, 0) is 11.5 Å². The van der Waals surface area contributed by atoms with Crippen molar-refractivity contribution in [3.8, 4) is 0 Å². The molecule has 0 aromatic heterocycles. The van der Waals surface area contributed by atoms with Crippen molar-refractivity contribution in [2.45, 2.75) is 12.4 Å². The van der Waals surface area contributed by atoms with Crippen LogP contribution in [0.15, 0.2) is 18.2 Å². The molecule has 0 nitrogen and oxygen atoms in total. The van der Waals surface area contributed by atoms with E-state index in [-0.39, 0.29) is 25.5 Å². The highest BCUT2D eigenvalue weighted by molar-refractivity contribution is 6.67. The molecule has 1 radical (unpaired) electrons.